The molecule has 0 amide bonds. The maximum absolute atomic E-state index is 12.7. The van der Waals surface area contributed by atoms with E-state index in [0.29, 0.717) is 0 Å². The van der Waals surface area contributed by atoms with Crippen LogP contribution in [0.25, 0.3) is 0 Å². The van der Waals surface area contributed by atoms with Crippen LogP contribution in [0.1, 0.15) is 67.7 Å². The lowest BCUT2D eigenvalue weighted by Gasteiger charge is -2.40. The Morgan fingerprint density at radius 3 is 2.85 bits per heavy atom. The number of hydrogen-bond donors (Lipinski definition) is 1. The van der Waals surface area contributed by atoms with E-state index in [0.717, 1.165) is 68.1 Å². The summed E-state index contributed by atoms with van der Waals surface area (Å²) in [5.74, 6) is 0.818. The van der Waals surface area contributed by atoms with Crippen LogP contribution in [0, 0.1) is 6.92 Å². The molecular formula is C20H28N4OS. The van der Waals surface area contributed by atoms with Gasteiger partial charge in [-0.25, -0.2) is 9.97 Å². The van der Waals surface area contributed by atoms with E-state index in [1.54, 1.807) is 11.3 Å². The molecule has 6 heteroatoms. The van der Waals surface area contributed by atoms with Crippen LogP contribution in [0.4, 0.5) is 0 Å². The van der Waals surface area contributed by atoms with E-state index in [1.807, 2.05) is 5.51 Å². The summed E-state index contributed by atoms with van der Waals surface area (Å²) in [6, 6.07) is 0. The largest absolute Gasteiger partial charge is 0.310 e. The van der Waals surface area contributed by atoms with Crippen LogP contribution < -0.4 is 5.56 Å². The van der Waals surface area contributed by atoms with Crippen molar-refractivity contribution >= 4 is 11.3 Å². The normalized spacial score (nSPS) is 23.5. The Hall–Kier alpha value is -1.53. The summed E-state index contributed by atoms with van der Waals surface area (Å²) in [6.45, 7) is 11.5. The molecule has 0 saturated carbocycles. The number of aromatic amines is 1. The molecule has 0 aromatic carbocycles. The molecule has 4 rings (SSSR count). The average molecular weight is 373 g/mol. The molecule has 0 radical (unpaired) electrons. The smallest absolute Gasteiger partial charge is 0.254 e. The van der Waals surface area contributed by atoms with Gasteiger partial charge in [-0.15, -0.1) is 11.3 Å². The lowest BCUT2D eigenvalue weighted by molar-refractivity contribution is 0.137. The van der Waals surface area contributed by atoms with Gasteiger partial charge < -0.3 is 4.98 Å². The number of likely N-dealkylation sites (tertiary alicyclic amines) is 1. The Labute approximate surface area is 158 Å². The topological polar surface area (TPSA) is 61.9 Å². The Balaban J connectivity index is 1.67. The van der Waals surface area contributed by atoms with Crippen LogP contribution >= 0.6 is 11.3 Å². The van der Waals surface area contributed by atoms with Crippen LogP contribution in [0.15, 0.2) is 10.3 Å². The van der Waals surface area contributed by atoms with Crippen LogP contribution in [-0.2, 0) is 23.8 Å². The standard InChI is InChI=1S/C20H28N4OS/c1-13-15(26-12-21-13)10-24-9-5-7-20(11-24)8-6-14-16(20)22-18(19(2,3)4)23-17(14)25/h12H,5-11H2,1-4H3,(H,22,23,25). The zero-order valence-corrected chi connectivity index (χ0v) is 17.0. The van der Waals surface area contributed by atoms with E-state index < -0.39 is 0 Å². The third-order valence-electron chi connectivity index (χ3n) is 5.95. The number of nitrogens with zero attached hydrogens (tertiary/aromatic N) is 3. The number of fused-ring (bicyclic) bond motifs is 2. The van der Waals surface area contributed by atoms with Gasteiger partial charge in [0.1, 0.15) is 5.82 Å². The minimum Gasteiger partial charge on any atom is -0.310 e. The molecule has 0 bridgehead atoms. The number of aromatic nitrogens is 3. The fraction of sp³-hybridized carbons (Fsp3) is 0.650. The van der Waals surface area contributed by atoms with Gasteiger partial charge in [-0.2, -0.15) is 0 Å². The molecule has 5 nitrogen and oxygen atoms in total. The fourth-order valence-corrected chi connectivity index (χ4v) is 5.27. The molecule has 1 N–H and O–H groups in total. The van der Waals surface area contributed by atoms with Crippen molar-refractivity contribution in [2.24, 2.45) is 0 Å². The molecule has 2 aliphatic rings. The van der Waals surface area contributed by atoms with Crippen molar-refractivity contribution < 1.29 is 0 Å². The number of H-pyrrole nitrogens is 1. The average Bonchev–Trinajstić information content (AvgIpc) is 3.12. The van der Waals surface area contributed by atoms with Gasteiger partial charge in [-0.05, 0) is 39.2 Å². The van der Waals surface area contributed by atoms with E-state index in [2.05, 4.69) is 42.6 Å². The van der Waals surface area contributed by atoms with Crippen molar-refractivity contribution in [3.05, 3.63) is 43.5 Å². The summed E-state index contributed by atoms with van der Waals surface area (Å²) >= 11 is 1.74. The van der Waals surface area contributed by atoms with Crippen LogP contribution in [0.3, 0.4) is 0 Å². The van der Waals surface area contributed by atoms with Gasteiger partial charge in [-0.1, -0.05) is 20.8 Å². The Kier molecular flexibility index (Phi) is 4.31. The van der Waals surface area contributed by atoms with Crippen LogP contribution in [0.5, 0.6) is 0 Å². The molecule has 3 heterocycles. The number of hydrogen-bond acceptors (Lipinski definition) is 5. The molecule has 1 spiro atoms. The molecule has 1 aliphatic heterocycles. The molecule has 1 fully saturated rings. The van der Waals surface area contributed by atoms with E-state index in [4.69, 9.17) is 4.98 Å². The van der Waals surface area contributed by atoms with Crippen LogP contribution in [-0.4, -0.2) is 32.9 Å². The third kappa shape index (κ3) is 3.03. The first-order valence-corrected chi connectivity index (χ1v) is 10.4. The lowest BCUT2D eigenvalue weighted by atomic mass is 9.77. The zero-order chi connectivity index (χ0) is 18.5. The summed E-state index contributed by atoms with van der Waals surface area (Å²) in [4.78, 5) is 29.0. The Morgan fingerprint density at radius 1 is 1.35 bits per heavy atom. The van der Waals surface area contributed by atoms with E-state index in [1.165, 1.54) is 4.88 Å². The summed E-state index contributed by atoms with van der Waals surface area (Å²) in [7, 11) is 0. The predicted molar refractivity (Wildman–Crippen MR) is 105 cm³/mol. The highest BCUT2D eigenvalue weighted by Gasteiger charge is 2.45. The maximum Gasteiger partial charge on any atom is 0.254 e. The molecule has 1 unspecified atom stereocenters. The Morgan fingerprint density at radius 2 is 2.15 bits per heavy atom. The summed E-state index contributed by atoms with van der Waals surface area (Å²) in [5, 5.41) is 0. The van der Waals surface area contributed by atoms with Crippen molar-refractivity contribution in [1.29, 1.82) is 0 Å². The lowest BCUT2D eigenvalue weighted by Crippen LogP contribution is -2.45. The highest BCUT2D eigenvalue weighted by atomic mass is 32.1. The first-order chi connectivity index (χ1) is 12.3. The molecule has 1 aliphatic carbocycles. The SMILES string of the molecule is Cc1ncsc1CN1CCCC2(CCc3c2nc(C(C)(C)C)[nH]c3=O)C1. The van der Waals surface area contributed by atoms with Crippen LogP contribution in [0.2, 0.25) is 0 Å². The maximum atomic E-state index is 12.7. The highest BCUT2D eigenvalue weighted by molar-refractivity contribution is 7.09. The van der Waals surface area contributed by atoms with Crippen molar-refractivity contribution in [3.8, 4) is 0 Å². The molecule has 140 valence electrons. The van der Waals surface area contributed by atoms with Gasteiger partial charge in [0.05, 0.1) is 16.9 Å². The number of nitrogens with one attached hydrogen (secondary N) is 1. The van der Waals surface area contributed by atoms with E-state index in [-0.39, 0.29) is 16.4 Å². The summed E-state index contributed by atoms with van der Waals surface area (Å²) in [5.41, 5.74) is 5.06. The van der Waals surface area contributed by atoms with E-state index in [9.17, 15) is 4.79 Å². The van der Waals surface area contributed by atoms with Crippen molar-refractivity contribution in [1.82, 2.24) is 19.9 Å². The molecule has 1 atom stereocenters. The van der Waals surface area contributed by atoms with Gasteiger partial charge in [0.2, 0.25) is 0 Å². The van der Waals surface area contributed by atoms with Gasteiger partial charge in [-0.3, -0.25) is 9.69 Å². The van der Waals surface area contributed by atoms with Gasteiger partial charge in [0.25, 0.3) is 5.56 Å². The van der Waals surface area contributed by atoms with Gasteiger partial charge >= 0.3 is 0 Å². The highest BCUT2D eigenvalue weighted by Crippen LogP contribution is 2.43. The molecular weight excluding hydrogens is 344 g/mol. The minimum absolute atomic E-state index is 0.0421. The van der Waals surface area contributed by atoms with Crippen molar-refractivity contribution in [2.45, 2.75) is 70.8 Å². The number of aryl methyl sites for hydroxylation is 1. The molecule has 2 aromatic rings. The number of rotatable bonds is 2. The molecule has 26 heavy (non-hydrogen) atoms. The molecule has 1 saturated heterocycles. The number of piperidine rings is 1. The first kappa shape index (κ1) is 17.9. The monoisotopic (exact) mass is 372 g/mol. The zero-order valence-electron chi connectivity index (χ0n) is 16.2. The van der Waals surface area contributed by atoms with Gasteiger partial charge in [0.15, 0.2) is 0 Å². The Bertz CT molecular complexity index is 879. The second-order valence-electron chi connectivity index (χ2n) is 8.95. The molecule has 2 aromatic heterocycles. The third-order valence-corrected chi connectivity index (χ3v) is 6.87. The van der Waals surface area contributed by atoms with Crippen molar-refractivity contribution in [2.75, 3.05) is 13.1 Å². The summed E-state index contributed by atoms with van der Waals surface area (Å²) < 4.78 is 0. The van der Waals surface area contributed by atoms with Gasteiger partial charge in [0, 0.05) is 34.4 Å². The first-order valence-electron chi connectivity index (χ1n) is 9.54. The number of thiazole rings is 1. The van der Waals surface area contributed by atoms with E-state index >= 15 is 0 Å². The quantitative estimate of drug-likeness (QED) is 0.878. The second kappa shape index (κ2) is 6.27. The fourth-order valence-electron chi connectivity index (χ4n) is 4.45. The second-order valence-corrected chi connectivity index (χ2v) is 9.89. The predicted octanol–water partition coefficient (Wildman–Crippen LogP) is 3.31. The van der Waals surface area contributed by atoms with Crippen molar-refractivity contribution in [3.63, 3.8) is 0 Å². The summed E-state index contributed by atoms with van der Waals surface area (Å²) in [6.07, 6.45) is 4.20. The minimum atomic E-state index is -0.147.